The maximum Gasteiger partial charge on any atom is 0.309 e. The van der Waals surface area contributed by atoms with Gasteiger partial charge in [-0.15, -0.1) is 0 Å². The Labute approximate surface area is 175 Å². The number of rotatable bonds is 14. The number of aromatic hydroxyl groups is 2. The third-order valence-corrected chi connectivity index (χ3v) is 7.27. The summed E-state index contributed by atoms with van der Waals surface area (Å²) in [5, 5.41) is 29.5. The van der Waals surface area contributed by atoms with E-state index >= 15 is 0 Å². The highest BCUT2D eigenvalue weighted by Gasteiger charge is 2.49. The minimum atomic E-state index is -0.637. The molecule has 0 bridgehead atoms. The van der Waals surface area contributed by atoms with Crippen LogP contribution in [0.4, 0.5) is 0 Å². The first-order chi connectivity index (χ1) is 13.8. The SMILES string of the molecule is CC1(CCCCCCc2cc(O)cc(O)c2CCCCCC2(C(=O)O)CC2)CC1. The molecule has 2 aliphatic rings. The van der Waals surface area contributed by atoms with Crippen LogP contribution in [0.3, 0.4) is 0 Å². The van der Waals surface area contributed by atoms with Crippen molar-refractivity contribution in [3.8, 4) is 11.5 Å². The van der Waals surface area contributed by atoms with Crippen LogP contribution in [0.5, 0.6) is 11.5 Å². The van der Waals surface area contributed by atoms with Gasteiger partial charge in [-0.05, 0) is 86.8 Å². The standard InChI is InChI=1S/C25H38O4/c1-24(13-14-24)11-7-3-2-5-9-19-17-20(26)18-22(27)21(19)10-6-4-8-12-25(15-16-25)23(28)29/h17-18,26-27H,2-16H2,1H3,(H,28,29). The van der Waals surface area contributed by atoms with Gasteiger partial charge in [-0.25, -0.2) is 0 Å². The summed E-state index contributed by atoms with van der Waals surface area (Å²) < 4.78 is 0. The van der Waals surface area contributed by atoms with Gasteiger partial charge in [0.1, 0.15) is 11.5 Å². The third-order valence-electron chi connectivity index (χ3n) is 7.27. The van der Waals surface area contributed by atoms with E-state index in [-0.39, 0.29) is 11.5 Å². The number of aliphatic carboxylic acids is 1. The summed E-state index contributed by atoms with van der Waals surface area (Å²) in [5.41, 5.74) is 2.25. The molecule has 0 amide bonds. The van der Waals surface area contributed by atoms with E-state index < -0.39 is 11.4 Å². The first-order valence-electron chi connectivity index (χ1n) is 11.6. The summed E-state index contributed by atoms with van der Waals surface area (Å²) in [6.07, 6.45) is 16.0. The number of aryl methyl sites for hydroxylation is 1. The number of phenols is 2. The molecule has 0 saturated heterocycles. The molecule has 1 aromatic carbocycles. The van der Waals surface area contributed by atoms with Crippen molar-refractivity contribution in [2.45, 2.75) is 103 Å². The summed E-state index contributed by atoms with van der Waals surface area (Å²) >= 11 is 0. The van der Waals surface area contributed by atoms with Gasteiger partial charge in [-0.3, -0.25) is 4.79 Å². The zero-order chi connectivity index (χ0) is 20.9. The Balaban J connectivity index is 1.39. The number of benzene rings is 1. The van der Waals surface area contributed by atoms with Crippen LogP contribution in [-0.2, 0) is 17.6 Å². The molecule has 3 rings (SSSR count). The lowest BCUT2D eigenvalue weighted by Crippen LogP contribution is -2.14. The van der Waals surface area contributed by atoms with E-state index in [0.29, 0.717) is 5.41 Å². The third kappa shape index (κ3) is 6.38. The molecule has 2 fully saturated rings. The van der Waals surface area contributed by atoms with Crippen LogP contribution < -0.4 is 0 Å². The first-order valence-corrected chi connectivity index (χ1v) is 11.6. The van der Waals surface area contributed by atoms with E-state index in [2.05, 4.69) is 6.92 Å². The van der Waals surface area contributed by atoms with Gasteiger partial charge in [0.05, 0.1) is 5.41 Å². The smallest absolute Gasteiger partial charge is 0.309 e. The quantitative estimate of drug-likeness (QED) is 0.316. The van der Waals surface area contributed by atoms with Crippen molar-refractivity contribution in [1.82, 2.24) is 0 Å². The lowest BCUT2D eigenvalue weighted by molar-refractivity contribution is -0.143. The molecule has 1 aromatic rings. The van der Waals surface area contributed by atoms with Crippen molar-refractivity contribution < 1.29 is 20.1 Å². The Morgan fingerprint density at radius 3 is 2.14 bits per heavy atom. The van der Waals surface area contributed by atoms with Gasteiger partial charge < -0.3 is 15.3 Å². The van der Waals surface area contributed by atoms with Gasteiger partial charge in [0.15, 0.2) is 0 Å². The van der Waals surface area contributed by atoms with Gasteiger partial charge in [0, 0.05) is 6.07 Å². The highest BCUT2D eigenvalue weighted by molar-refractivity contribution is 5.77. The van der Waals surface area contributed by atoms with Gasteiger partial charge >= 0.3 is 5.97 Å². The molecule has 0 aliphatic heterocycles. The second-order valence-electron chi connectivity index (χ2n) is 9.97. The van der Waals surface area contributed by atoms with Crippen molar-refractivity contribution in [3.05, 3.63) is 23.3 Å². The van der Waals surface area contributed by atoms with E-state index in [4.69, 9.17) is 0 Å². The predicted molar refractivity (Wildman–Crippen MR) is 115 cm³/mol. The Bertz CT molecular complexity index is 701. The van der Waals surface area contributed by atoms with Crippen LogP contribution >= 0.6 is 0 Å². The van der Waals surface area contributed by atoms with Crippen LogP contribution in [0.15, 0.2) is 12.1 Å². The minimum absolute atomic E-state index is 0.139. The number of unbranched alkanes of at least 4 members (excludes halogenated alkanes) is 5. The van der Waals surface area contributed by atoms with E-state index in [0.717, 1.165) is 68.9 Å². The van der Waals surface area contributed by atoms with Gasteiger partial charge in [-0.2, -0.15) is 0 Å². The molecule has 4 nitrogen and oxygen atoms in total. The Kier molecular flexibility index (Phi) is 7.13. The molecule has 3 N–H and O–H groups in total. The molecule has 2 saturated carbocycles. The molecule has 0 heterocycles. The lowest BCUT2D eigenvalue weighted by Gasteiger charge is -2.14. The molecule has 4 heteroatoms. The first kappa shape index (κ1) is 22.0. The number of hydrogen-bond acceptors (Lipinski definition) is 3. The number of carbonyl (C=O) groups is 1. The van der Waals surface area contributed by atoms with E-state index in [9.17, 15) is 20.1 Å². The average Bonchev–Trinajstić information content (AvgIpc) is 3.57. The van der Waals surface area contributed by atoms with Gasteiger partial charge in [-0.1, -0.05) is 39.0 Å². The molecule has 162 valence electrons. The fraction of sp³-hybridized carbons (Fsp3) is 0.720. The van der Waals surface area contributed by atoms with Crippen LogP contribution in [0, 0.1) is 10.8 Å². The van der Waals surface area contributed by atoms with E-state index in [1.807, 2.05) is 6.07 Å². The molecule has 0 atom stereocenters. The summed E-state index contributed by atoms with van der Waals surface area (Å²) in [5.74, 6) is -0.298. The zero-order valence-corrected chi connectivity index (χ0v) is 18.0. The fourth-order valence-corrected chi connectivity index (χ4v) is 4.56. The summed E-state index contributed by atoms with van der Waals surface area (Å²) in [6.45, 7) is 2.39. The molecule has 2 aliphatic carbocycles. The van der Waals surface area contributed by atoms with Crippen molar-refractivity contribution in [2.75, 3.05) is 0 Å². The Morgan fingerprint density at radius 2 is 1.48 bits per heavy atom. The van der Waals surface area contributed by atoms with E-state index in [1.54, 1.807) is 0 Å². The molecular weight excluding hydrogens is 364 g/mol. The maximum absolute atomic E-state index is 11.3. The molecule has 0 spiro atoms. The normalized spacial score (nSPS) is 18.5. The van der Waals surface area contributed by atoms with Crippen molar-refractivity contribution >= 4 is 5.97 Å². The Morgan fingerprint density at radius 1 is 0.862 bits per heavy atom. The van der Waals surface area contributed by atoms with Gasteiger partial charge in [0.25, 0.3) is 0 Å². The minimum Gasteiger partial charge on any atom is -0.508 e. The predicted octanol–water partition coefficient (Wildman–Crippen LogP) is 6.36. The second kappa shape index (κ2) is 9.40. The van der Waals surface area contributed by atoms with Crippen LogP contribution in [0.1, 0.15) is 102 Å². The molecule has 0 unspecified atom stereocenters. The number of carboxylic acid groups (broad SMARTS) is 1. The molecule has 0 aromatic heterocycles. The highest BCUT2D eigenvalue weighted by atomic mass is 16.4. The van der Waals surface area contributed by atoms with Crippen molar-refractivity contribution in [3.63, 3.8) is 0 Å². The second-order valence-corrected chi connectivity index (χ2v) is 9.97. The number of phenolic OH excluding ortho intramolecular Hbond substituents is 2. The number of carboxylic acids is 1. The van der Waals surface area contributed by atoms with Crippen LogP contribution in [0.2, 0.25) is 0 Å². The molecular formula is C25H38O4. The maximum atomic E-state index is 11.3. The summed E-state index contributed by atoms with van der Waals surface area (Å²) in [6, 6.07) is 3.25. The number of hydrogen-bond donors (Lipinski definition) is 3. The van der Waals surface area contributed by atoms with Crippen LogP contribution in [0.25, 0.3) is 0 Å². The van der Waals surface area contributed by atoms with Crippen LogP contribution in [-0.4, -0.2) is 21.3 Å². The van der Waals surface area contributed by atoms with Crippen molar-refractivity contribution in [1.29, 1.82) is 0 Å². The summed E-state index contributed by atoms with van der Waals surface area (Å²) in [7, 11) is 0. The zero-order valence-electron chi connectivity index (χ0n) is 18.0. The Hall–Kier alpha value is -1.71. The summed E-state index contributed by atoms with van der Waals surface area (Å²) in [4.78, 5) is 11.3. The largest absolute Gasteiger partial charge is 0.508 e. The fourth-order valence-electron chi connectivity index (χ4n) is 4.56. The molecule has 29 heavy (non-hydrogen) atoms. The highest BCUT2D eigenvalue weighted by Crippen LogP contribution is 2.50. The van der Waals surface area contributed by atoms with Crippen molar-refractivity contribution in [2.24, 2.45) is 10.8 Å². The van der Waals surface area contributed by atoms with E-state index in [1.165, 1.54) is 44.6 Å². The lowest BCUT2D eigenvalue weighted by atomic mass is 9.93. The average molecular weight is 403 g/mol. The molecule has 0 radical (unpaired) electrons. The van der Waals surface area contributed by atoms with Gasteiger partial charge in [0.2, 0.25) is 0 Å². The monoisotopic (exact) mass is 402 g/mol. The topological polar surface area (TPSA) is 77.8 Å².